The summed E-state index contributed by atoms with van der Waals surface area (Å²) < 4.78 is 7.39. The van der Waals surface area contributed by atoms with Crippen molar-refractivity contribution < 1.29 is 9.53 Å². The molecular formula is C18H19N5O2. The lowest BCUT2D eigenvalue weighted by Gasteiger charge is -2.19. The number of hydrogen-bond acceptors (Lipinski definition) is 5. The fourth-order valence-electron chi connectivity index (χ4n) is 2.37. The van der Waals surface area contributed by atoms with Gasteiger partial charge in [-0.25, -0.2) is 14.6 Å². The van der Waals surface area contributed by atoms with E-state index in [1.807, 2.05) is 38.1 Å². The maximum absolute atomic E-state index is 12.7. The van der Waals surface area contributed by atoms with Crippen LogP contribution in [0.1, 0.15) is 18.9 Å². The standard InChI is InChI=1S/C18H19N5O2/c1-3-15(25-16-9-5-4-7-13(16)2)18(24)22-14-8-6-10-20-17(14)23-12-19-11-21-23/h4-12,15H,3H2,1-2H3,(H,22,24)/t15-/m1/s1. The monoisotopic (exact) mass is 337 g/mol. The predicted molar refractivity (Wildman–Crippen MR) is 93.7 cm³/mol. The van der Waals surface area contributed by atoms with Gasteiger partial charge in [-0.2, -0.15) is 5.10 Å². The van der Waals surface area contributed by atoms with Crippen LogP contribution in [0.25, 0.3) is 5.82 Å². The number of ether oxygens (including phenoxy) is 1. The topological polar surface area (TPSA) is 81.9 Å². The molecule has 1 N–H and O–H groups in total. The molecular weight excluding hydrogens is 318 g/mol. The van der Waals surface area contributed by atoms with Crippen molar-refractivity contribution in [3.8, 4) is 11.6 Å². The molecule has 0 unspecified atom stereocenters. The number of aromatic nitrogens is 4. The van der Waals surface area contributed by atoms with Crippen LogP contribution in [0.15, 0.2) is 55.2 Å². The number of para-hydroxylation sites is 1. The zero-order chi connectivity index (χ0) is 17.6. The highest BCUT2D eigenvalue weighted by Gasteiger charge is 2.21. The van der Waals surface area contributed by atoms with Crippen molar-refractivity contribution in [3.63, 3.8) is 0 Å². The number of anilines is 1. The Kier molecular flexibility index (Phi) is 5.03. The summed E-state index contributed by atoms with van der Waals surface area (Å²) in [6.45, 7) is 3.86. The molecule has 2 aromatic heterocycles. The van der Waals surface area contributed by atoms with E-state index in [4.69, 9.17) is 4.74 Å². The van der Waals surface area contributed by atoms with Crippen LogP contribution < -0.4 is 10.1 Å². The lowest BCUT2D eigenvalue weighted by molar-refractivity contribution is -0.122. The first-order valence-electron chi connectivity index (χ1n) is 8.02. The van der Waals surface area contributed by atoms with Crippen LogP contribution in [0.3, 0.4) is 0 Å². The number of benzene rings is 1. The van der Waals surface area contributed by atoms with E-state index >= 15 is 0 Å². The van der Waals surface area contributed by atoms with Gasteiger partial charge in [0.05, 0.1) is 5.69 Å². The van der Waals surface area contributed by atoms with Crippen LogP contribution in [0.4, 0.5) is 5.69 Å². The minimum atomic E-state index is -0.607. The molecule has 0 bridgehead atoms. The first-order chi connectivity index (χ1) is 12.2. The molecule has 0 radical (unpaired) electrons. The average molecular weight is 337 g/mol. The summed E-state index contributed by atoms with van der Waals surface area (Å²) in [7, 11) is 0. The number of nitrogens with one attached hydrogen (secondary N) is 1. The summed E-state index contributed by atoms with van der Waals surface area (Å²) in [6.07, 6.45) is 4.51. The molecule has 0 saturated heterocycles. The largest absolute Gasteiger partial charge is 0.480 e. The van der Waals surface area contributed by atoms with Gasteiger partial charge in [-0.15, -0.1) is 0 Å². The fraction of sp³-hybridized carbons (Fsp3) is 0.222. The van der Waals surface area contributed by atoms with Crippen molar-refractivity contribution >= 4 is 11.6 Å². The van der Waals surface area contributed by atoms with Gasteiger partial charge in [0.15, 0.2) is 11.9 Å². The molecule has 0 aliphatic heterocycles. The van der Waals surface area contributed by atoms with E-state index < -0.39 is 6.10 Å². The second-order valence-electron chi connectivity index (χ2n) is 5.48. The van der Waals surface area contributed by atoms with Gasteiger partial charge in [0.1, 0.15) is 18.4 Å². The molecule has 3 rings (SSSR count). The molecule has 1 amide bonds. The van der Waals surface area contributed by atoms with Gasteiger partial charge in [0.2, 0.25) is 0 Å². The molecule has 7 heteroatoms. The Hall–Kier alpha value is -3.22. The second-order valence-corrected chi connectivity index (χ2v) is 5.48. The van der Waals surface area contributed by atoms with Gasteiger partial charge >= 0.3 is 0 Å². The molecule has 0 spiro atoms. The minimum Gasteiger partial charge on any atom is -0.480 e. The maximum Gasteiger partial charge on any atom is 0.265 e. The summed E-state index contributed by atoms with van der Waals surface area (Å²) in [4.78, 5) is 20.8. The van der Waals surface area contributed by atoms with Gasteiger partial charge < -0.3 is 10.1 Å². The number of aryl methyl sites for hydroxylation is 1. The summed E-state index contributed by atoms with van der Waals surface area (Å²) >= 11 is 0. The molecule has 0 fully saturated rings. The zero-order valence-corrected chi connectivity index (χ0v) is 14.1. The van der Waals surface area contributed by atoms with Crippen molar-refractivity contribution in [1.82, 2.24) is 19.7 Å². The molecule has 25 heavy (non-hydrogen) atoms. The van der Waals surface area contributed by atoms with Gasteiger partial charge in [-0.3, -0.25) is 4.79 Å². The van der Waals surface area contributed by atoms with Crippen LogP contribution in [0.5, 0.6) is 5.75 Å². The van der Waals surface area contributed by atoms with Gasteiger partial charge in [-0.1, -0.05) is 25.1 Å². The number of carbonyl (C=O) groups excluding carboxylic acids is 1. The van der Waals surface area contributed by atoms with E-state index in [9.17, 15) is 4.79 Å². The van der Waals surface area contributed by atoms with Gasteiger partial charge in [0, 0.05) is 6.20 Å². The summed E-state index contributed by atoms with van der Waals surface area (Å²) in [5, 5.41) is 6.93. The highest BCUT2D eigenvalue weighted by Crippen LogP contribution is 2.21. The number of amides is 1. The molecule has 1 atom stereocenters. The smallest absolute Gasteiger partial charge is 0.265 e. The van der Waals surface area contributed by atoms with E-state index in [0.29, 0.717) is 23.7 Å². The van der Waals surface area contributed by atoms with Crippen LogP contribution in [0.2, 0.25) is 0 Å². The summed E-state index contributed by atoms with van der Waals surface area (Å²) in [5.41, 5.74) is 1.53. The molecule has 0 aliphatic carbocycles. The van der Waals surface area contributed by atoms with E-state index in [-0.39, 0.29) is 5.91 Å². The van der Waals surface area contributed by atoms with Gasteiger partial charge in [-0.05, 0) is 37.1 Å². The molecule has 0 aliphatic rings. The molecule has 0 saturated carbocycles. The highest BCUT2D eigenvalue weighted by atomic mass is 16.5. The van der Waals surface area contributed by atoms with Crippen molar-refractivity contribution in [2.24, 2.45) is 0 Å². The third-order valence-electron chi connectivity index (χ3n) is 3.71. The predicted octanol–water partition coefficient (Wildman–Crippen LogP) is 2.77. The SMILES string of the molecule is CC[C@@H](Oc1ccccc1C)C(=O)Nc1cccnc1-n1cncn1. The lowest BCUT2D eigenvalue weighted by Crippen LogP contribution is -2.33. The highest BCUT2D eigenvalue weighted by molar-refractivity contribution is 5.95. The number of rotatable bonds is 6. The molecule has 2 heterocycles. The minimum absolute atomic E-state index is 0.236. The van der Waals surface area contributed by atoms with E-state index in [0.717, 1.165) is 5.56 Å². The number of carbonyl (C=O) groups is 1. The quantitative estimate of drug-likeness (QED) is 0.748. The molecule has 128 valence electrons. The third kappa shape index (κ3) is 3.82. The Morgan fingerprint density at radius 2 is 2.12 bits per heavy atom. The lowest BCUT2D eigenvalue weighted by atomic mass is 10.2. The Labute approximate surface area is 145 Å². The molecule has 3 aromatic rings. The summed E-state index contributed by atoms with van der Waals surface area (Å²) in [6, 6.07) is 11.1. The van der Waals surface area contributed by atoms with E-state index in [1.165, 1.54) is 17.3 Å². The van der Waals surface area contributed by atoms with Crippen molar-refractivity contribution in [1.29, 1.82) is 0 Å². The van der Waals surface area contributed by atoms with Crippen LogP contribution >= 0.6 is 0 Å². The Morgan fingerprint density at radius 3 is 2.84 bits per heavy atom. The zero-order valence-electron chi connectivity index (χ0n) is 14.1. The van der Waals surface area contributed by atoms with Crippen LogP contribution in [0, 0.1) is 6.92 Å². The Bertz CT molecular complexity index is 848. The second kappa shape index (κ2) is 7.57. The number of nitrogens with zero attached hydrogens (tertiary/aromatic N) is 4. The maximum atomic E-state index is 12.7. The first-order valence-corrected chi connectivity index (χ1v) is 8.02. The van der Waals surface area contributed by atoms with Gasteiger partial charge in [0.25, 0.3) is 5.91 Å². The van der Waals surface area contributed by atoms with Crippen molar-refractivity contribution in [2.75, 3.05) is 5.32 Å². The summed E-state index contributed by atoms with van der Waals surface area (Å²) in [5.74, 6) is 0.964. The molecule has 7 nitrogen and oxygen atoms in total. The number of pyridine rings is 1. The Morgan fingerprint density at radius 1 is 1.28 bits per heavy atom. The van der Waals surface area contributed by atoms with Crippen LogP contribution in [-0.4, -0.2) is 31.8 Å². The average Bonchev–Trinajstić information content (AvgIpc) is 3.16. The van der Waals surface area contributed by atoms with Crippen molar-refractivity contribution in [2.45, 2.75) is 26.4 Å². The van der Waals surface area contributed by atoms with E-state index in [1.54, 1.807) is 18.3 Å². The normalized spacial score (nSPS) is 11.8. The fourth-order valence-corrected chi connectivity index (χ4v) is 2.37. The van der Waals surface area contributed by atoms with E-state index in [2.05, 4.69) is 20.4 Å². The third-order valence-corrected chi connectivity index (χ3v) is 3.71. The molecule has 1 aromatic carbocycles. The number of hydrogen-bond donors (Lipinski definition) is 1. The first kappa shape index (κ1) is 16.6. The van der Waals surface area contributed by atoms with Crippen molar-refractivity contribution in [3.05, 3.63) is 60.8 Å². The Balaban J connectivity index is 1.78. The van der Waals surface area contributed by atoms with Crippen LogP contribution in [-0.2, 0) is 4.79 Å².